The topological polar surface area (TPSA) is 41.5 Å². The maximum atomic E-state index is 9.89. The molecule has 20 heavy (non-hydrogen) atoms. The second kappa shape index (κ2) is 7.65. The molecule has 1 saturated carbocycles. The highest BCUT2D eigenvalue weighted by molar-refractivity contribution is 5.37. The highest BCUT2D eigenvalue weighted by Crippen LogP contribution is 2.25. The van der Waals surface area contributed by atoms with Crippen LogP contribution in [-0.4, -0.2) is 24.4 Å². The third kappa shape index (κ3) is 4.50. The van der Waals surface area contributed by atoms with Crippen LogP contribution in [0.4, 0.5) is 0 Å². The van der Waals surface area contributed by atoms with E-state index in [1.165, 1.54) is 37.7 Å². The van der Waals surface area contributed by atoms with Crippen molar-refractivity contribution in [2.75, 3.05) is 13.2 Å². The first-order chi connectivity index (χ1) is 9.66. The maximum Gasteiger partial charge on any atom is 0.120 e. The van der Waals surface area contributed by atoms with Crippen LogP contribution in [0.5, 0.6) is 5.75 Å². The summed E-state index contributed by atoms with van der Waals surface area (Å²) < 4.78 is 5.90. The van der Waals surface area contributed by atoms with E-state index in [1.54, 1.807) is 6.07 Å². The Labute approximate surface area is 122 Å². The van der Waals surface area contributed by atoms with Crippen LogP contribution in [0.3, 0.4) is 0 Å². The average molecular weight is 277 g/mol. The first kappa shape index (κ1) is 15.3. The fraction of sp³-hybridized carbons (Fsp3) is 0.647. The predicted molar refractivity (Wildman–Crippen MR) is 82.1 cm³/mol. The Morgan fingerprint density at radius 1 is 1.30 bits per heavy atom. The number of phenols is 1. The molecule has 1 unspecified atom stereocenters. The molecule has 0 heterocycles. The van der Waals surface area contributed by atoms with Crippen molar-refractivity contribution in [3.63, 3.8) is 0 Å². The van der Waals surface area contributed by atoms with Gasteiger partial charge >= 0.3 is 0 Å². The summed E-state index contributed by atoms with van der Waals surface area (Å²) in [6, 6.07) is 5.87. The zero-order chi connectivity index (χ0) is 14.4. The lowest BCUT2D eigenvalue weighted by Gasteiger charge is -2.23. The fourth-order valence-electron chi connectivity index (χ4n) is 2.86. The van der Waals surface area contributed by atoms with E-state index in [2.05, 4.69) is 12.2 Å². The van der Waals surface area contributed by atoms with Crippen molar-refractivity contribution in [1.29, 1.82) is 0 Å². The summed E-state index contributed by atoms with van der Waals surface area (Å²) in [5, 5.41) is 13.3. The van der Waals surface area contributed by atoms with Crippen LogP contribution in [0, 0.1) is 6.92 Å². The molecule has 2 rings (SSSR count). The Kier molecular flexibility index (Phi) is 5.86. The molecule has 1 aliphatic carbocycles. The summed E-state index contributed by atoms with van der Waals surface area (Å²) in [6.45, 7) is 5.70. The van der Waals surface area contributed by atoms with Gasteiger partial charge in [0.2, 0.25) is 0 Å². The van der Waals surface area contributed by atoms with Gasteiger partial charge in [-0.1, -0.05) is 37.0 Å². The SMILES string of the molecule is Cc1ccc(O)c(C(C)NCCOC2CCCCC2)c1. The number of hydrogen-bond donors (Lipinski definition) is 2. The van der Waals surface area contributed by atoms with Gasteiger partial charge in [-0.25, -0.2) is 0 Å². The number of ether oxygens (including phenoxy) is 1. The monoisotopic (exact) mass is 277 g/mol. The Morgan fingerprint density at radius 3 is 2.80 bits per heavy atom. The molecular weight excluding hydrogens is 250 g/mol. The molecule has 0 saturated heterocycles. The summed E-state index contributed by atoms with van der Waals surface area (Å²) in [5.41, 5.74) is 2.13. The molecule has 0 radical (unpaired) electrons. The molecule has 1 aromatic carbocycles. The molecule has 2 N–H and O–H groups in total. The molecular formula is C17H27NO2. The Balaban J connectivity index is 1.71. The van der Waals surface area contributed by atoms with Gasteiger partial charge in [0.1, 0.15) is 5.75 Å². The van der Waals surface area contributed by atoms with Crippen molar-refractivity contribution >= 4 is 0 Å². The minimum Gasteiger partial charge on any atom is -0.508 e. The van der Waals surface area contributed by atoms with Crippen molar-refractivity contribution in [2.45, 2.75) is 58.1 Å². The van der Waals surface area contributed by atoms with Gasteiger partial charge in [-0.05, 0) is 32.8 Å². The standard InChI is InChI=1S/C17H27NO2/c1-13-8-9-17(19)16(12-13)14(2)18-10-11-20-15-6-4-3-5-7-15/h8-9,12,14-15,18-19H,3-7,10-11H2,1-2H3. The molecule has 112 valence electrons. The number of aromatic hydroxyl groups is 1. The van der Waals surface area contributed by atoms with E-state index in [0.717, 1.165) is 18.7 Å². The second-order valence-corrected chi connectivity index (χ2v) is 5.87. The first-order valence-corrected chi connectivity index (χ1v) is 7.81. The Hall–Kier alpha value is -1.06. The van der Waals surface area contributed by atoms with Gasteiger partial charge in [-0.3, -0.25) is 0 Å². The number of rotatable bonds is 6. The lowest BCUT2D eigenvalue weighted by Crippen LogP contribution is -2.26. The zero-order valence-electron chi connectivity index (χ0n) is 12.7. The normalized spacial score (nSPS) is 18.1. The van der Waals surface area contributed by atoms with E-state index in [9.17, 15) is 5.11 Å². The third-order valence-corrected chi connectivity index (χ3v) is 4.11. The summed E-state index contributed by atoms with van der Waals surface area (Å²) in [6.07, 6.45) is 6.88. The number of hydrogen-bond acceptors (Lipinski definition) is 3. The number of benzene rings is 1. The first-order valence-electron chi connectivity index (χ1n) is 7.81. The van der Waals surface area contributed by atoms with Crippen molar-refractivity contribution in [2.24, 2.45) is 0 Å². The summed E-state index contributed by atoms with van der Waals surface area (Å²) in [7, 11) is 0. The molecule has 0 aromatic heterocycles. The highest BCUT2D eigenvalue weighted by Gasteiger charge is 2.14. The highest BCUT2D eigenvalue weighted by atomic mass is 16.5. The second-order valence-electron chi connectivity index (χ2n) is 5.87. The van der Waals surface area contributed by atoms with E-state index >= 15 is 0 Å². The van der Waals surface area contributed by atoms with E-state index < -0.39 is 0 Å². The van der Waals surface area contributed by atoms with Crippen LogP contribution in [0.1, 0.15) is 56.2 Å². The molecule has 1 aromatic rings. The largest absolute Gasteiger partial charge is 0.508 e. The molecule has 0 spiro atoms. The Bertz CT molecular complexity index is 413. The molecule has 1 fully saturated rings. The lowest BCUT2D eigenvalue weighted by atomic mass is 9.98. The molecule has 1 atom stereocenters. The fourth-order valence-corrected chi connectivity index (χ4v) is 2.86. The molecule has 3 heteroatoms. The van der Waals surface area contributed by atoms with E-state index in [-0.39, 0.29) is 6.04 Å². The van der Waals surface area contributed by atoms with Crippen LogP contribution >= 0.6 is 0 Å². The van der Waals surface area contributed by atoms with Gasteiger partial charge in [0, 0.05) is 18.2 Å². The maximum absolute atomic E-state index is 9.89. The molecule has 1 aliphatic rings. The lowest BCUT2D eigenvalue weighted by molar-refractivity contribution is 0.0295. The predicted octanol–water partition coefficient (Wildman–Crippen LogP) is 3.70. The summed E-state index contributed by atoms with van der Waals surface area (Å²) >= 11 is 0. The van der Waals surface area contributed by atoms with Gasteiger partial charge in [-0.2, -0.15) is 0 Å². The van der Waals surface area contributed by atoms with E-state index in [1.807, 2.05) is 19.1 Å². The Morgan fingerprint density at radius 2 is 2.05 bits per heavy atom. The van der Waals surface area contributed by atoms with Crippen molar-refractivity contribution in [1.82, 2.24) is 5.32 Å². The van der Waals surface area contributed by atoms with Gasteiger partial charge < -0.3 is 15.2 Å². The molecule has 3 nitrogen and oxygen atoms in total. The van der Waals surface area contributed by atoms with Crippen LogP contribution in [0.25, 0.3) is 0 Å². The van der Waals surface area contributed by atoms with Gasteiger partial charge in [-0.15, -0.1) is 0 Å². The van der Waals surface area contributed by atoms with Crippen LogP contribution in [0.15, 0.2) is 18.2 Å². The van der Waals surface area contributed by atoms with Crippen molar-refractivity contribution in [3.8, 4) is 5.75 Å². The smallest absolute Gasteiger partial charge is 0.120 e. The number of aryl methyl sites for hydroxylation is 1. The van der Waals surface area contributed by atoms with Crippen molar-refractivity contribution in [3.05, 3.63) is 29.3 Å². The minimum atomic E-state index is 0.143. The molecule has 0 aliphatic heterocycles. The summed E-state index contributed by atoms with van der Waals surface area (Å²) in [5.74, 6) is 0.365. The molecule has 0 amide bonds. The minimum absolute atomic E-state index is 0.143. The summed E-state index contributed by atoms with van der Waals surface area (Å²) in [4.78, 5) is 0. The quantitative estimate of drug-likeness (QED) is 0.779. The number of nitrogens with one attached hydrogen (secondary N) is 1. The van der Waals surface area contributed by atoms with Crippen LogP contribution in [0.2, 0.25) is 0 Å². The van der Waals surface area contributed by atoms with Gasteiger partial charge in [0.15, 0.2) is 0 Å². The molecule has 0 bridgehead atoms. The zero-order valence-corrected chi connectivity index (χ0v) is 12.7. The van der Waals surface area contributed by atoms with Crippen LogP contribution < -0.4 is 5.32 Å². The van der Waals surface area contributed by atoms with Crippen molar-refractivity contribution < 1.29 is 9.84 Å². The van der Waals surface area contributed by atoms with E-state index in [0.29, 0.717) is 11.9 Å². The van der Waals surface area contributed by atoms with Crippen LogP contribution in [-0.2, 0) is 4.74 Å². The van der Waals surface area contributed by atoms with Gasteiger partial charge in [0.05, 0.1) is 12.7 Å². The third-order valence-electron chi connectivity index (χ3n) is 4.11. The van der Waals surface area contributed by atoms with Gasteiger partial charge in [0.25, 0.3) is 0 Å². The number of phenolic OH excluding ortho intramolecular Hbond substituents is 1. The average Bonchev–Trinajstić information content (AvgIpc) is 2.47. The van der Waals surface area contributed by atoms with E-state index in [4.69, 9.17) is 4.74 Å².